The summed E-state index contributed by atoms with van der Waals surface area (Å²) in [6, 6.07) is 37.1. The highest BCUT2D eigenvalue weighted by Gasteiger charge is 2.24. The van der Waals surface area contributed by atoms with Crippen LogP contribution in [-0.4, -0.2) is 7.25 Å². The molecule has 7 aromatic rings. The van der Waals surface area contributed by atoms with Gasteiger partial charge in [0.1, 0.15) is 0 Å². The van der Waals surface area contributed by atoms with Crippen molar-refractivity contribution in [3.05, 3.63) is 109 Å². The van der Waals surface area contributed by atoms with E-state index in [9.17, 15) is 17.3 Å². The second-order valence-electron chi connectivity index (χ2n) is 8.86. The third-order valence-corrected chi connectivity index (χ3v) is 6.69. The largest absolute Gasteiger partial charge is 0.673 e. The molecule has 0 spiro atoms. The van der Waals surface area contributed by atoms with E-state index in [1.54, 1.807) is 0 Å². The summed E-state index contributed by atoms with van der Waals surface area (Å²) in [4.78, 5) is 0. The van der Waals surface area contributed by atoms with Crippen molar-refractivity contribution in [2.75, 3.05) is 0 Å². The van der Waals surface area contributed by atoms with Crippen LogP contribution in [-0.2, 0) is 0 Å². The predicted molar refractivity (Wildman–Crippen MR) is 144 cm³/mol. The Kier molecular flexibility index (Phi) is 5.24. The molecular formula is C31H18BF4N. The van der Waals surface area contributed by atoms with E-state index in [1.165, 1.54) is 60.0 Å². The van der Waals surface area contributed by atoms with Crippen molar-refractivity contribution in [3.63, 3.8) is 0 Å². The van der Waals surface area contributed by atoms with Gasteiger partial charge in [-0.25, -0.2) is 0 Å². The van der Waals surface area contributed by atoms with Crippen molar-refractivity contribution >= 4 is 56.1 Å². The van der Waals surface area contributed by atoms with Crippen LogP contribution in [0.1, 0.15) is 5.56 Å². The Morgan fingerprint density at radius 1 is 0.541 bits per heavy atom. The molecule has 0 bridgehead atoms. The number of terminal acetylenes is 1. The number of aromatic nitrogens is 1. The number of pyridine rings is 3. The van der Waals surface area contributed by atoms with Crippen LogP contribution >= 0.6 is 0 Å². The molecule has 0 aliphatic carbocycles. The summed E-state index contributed by atoms with van der Waals surface area (Å²) < 4.78 is 41.4. The number of hydrogen-bond donors (Lipinski definition) is 0. The van der Waals surface area contributed by atoms with E-state index in [0.717, 1.165) is 5.56 Å². The zero-order chi connectivity index (χ0) is 25.7. The van der Waals surface area contributed by atoms with Crippen LogP contribution < -0.4 is 4.40 Å². The molecule has 1 nitrogen and oxygen atoms in total. The molecule has 4 aromatic carbocycles. The number of hydrogen-bond acceptors (Lipinski definition) is 0. The third-order valence-electron chi connectivity index (χ3n) is 6.69. The van der Waals surface area contributed by atoms with Crippen molar-refractivity contribution in [2.24, 2.45) is 0 Å². The van der Waals surface area contributed by atoms with Gasteiger partial charge in [0.25, 0.3) is 0 Å². The number of benzene rings is 4. The number of rotatable bonds is 1. The molecule has 0 N–H and O–H groups in total. The minimum atomic E-state index is -6.00. The van der Waals surface area contributed by atoms with E-state index < -0.39 is 7.25 Å². The van der Waals surface area contributed by atoms with Crippen LogP contribution in [0, 0.1) is 12.3 Å². The SMILES string of the molecule is C#Cc1ccc(-c2cc3c4ccccc4c4cccc5c6ccccc6c(c2)c3[n+]45)cc1.F[B-](F)(F)F. The lowest BCUT2D eigenvalue weighted by atomic mass is 9.93. The molecule has 0 fully saturated rings. The van der Waals surface area contributed by atoms with Crippen LogP contribution in [0.3, 0.4) is 0 Å². The van der Waals surface area contributed by atoms with Crippen LogP contribution in [0.25, 0.3) is 60.0 Å². The molecule has 0 aliphatic rings. The van der Waals surface area contributed by atoms with Crippen molar-refractivity contribution in [1.29, 1.82) is 0 Å². The highest BCUT2D eigenvalue weighted by molar-refractivity contribution is 6.50. The molecule has 3 aromatic heterocycles. The minimum absolute atomic E-state index is 0.901. The first-order valence-electron chi connectivity index (χ1n) is 11.7. The van der Waals surface area contributed by atoms with E-state index in [4.69, 9.17) is 6.42 Å². The molecule has 0 saturated heterocycles. The number of fused-ring (bicyclic) bond motifs is 6. The fourth-order valence-corrected chi connectivity index (χ4v) is 5.26. The highest BCUT2D eigenvalue weighted by Crippen LogP contribution is 2.38. The molecule has 0 amide bonds. The maximum atomic E-state index is 9.75. The van der Waals surface area contributed by atoms with Gasteiger partial charge in [-0.15, -0.1) is 6.42 Å². The van der Waals surface area contributed by atoms with Gasteiger partial charge >= 0.3 is 7.25 Å². The fraction of sp³-hybridized carbons (Fsp3) is 0. The van der Waals surface area contributed by atoms with Crippen LogP contribution in [0.15, 0.2) is 103 Å². The Morgan fingerprint density at radius 2 is 1.00 bits per heavy atom. The van der Waals surface area contributed by atoms with E-state index in [0.29, 0.717) is 0 Å². The molecule has 37 heavy (non-hydrogen) atoms. The van der Waals surface area contributed by atoms with Gasteiger partial charge in [0.05, 0.1) is 21.5 Å². The summed E-state index contributed by atoms with van der Waals surface area (Å²) in [5, 5.41) is 7.64. The molecule has 0 aliphatic heterocycles. The second kappa shape index (κ2) is 8.49. The lowest BCUT2D eigenvalue weighted by Gasteiger charge is -2.13. The summed E-state index contributed by atoms with van der Waals surface area (Å²) in [5.41, 5.74) is 7.04. The first-order chi connectivity index (χ1) is 17.8. The summed E-state index contributed by atoms with van der Waals surface area (Å²) in [5.74, 6) is 2.72. The van der Waals surface area contributed by atoms with Crippen LogP contribution in [0.4, 0.5) is 17.3 Å². The lowest BCUT2D eigenvalue weighted by Crippen LogP contribution is -2.26. The van der Waals surface area contributed by atoms with Gasteiger partial charge in [-0.3, -0.25) is 0 Å². The van der Waals surface area contributed by atoms with E-state index in [-0.39, 0.29) is 0 Å². The second-order valence-corrected chi connectivity index (χ2v) is 8.86. The Labute approximate surface area is 210 Å². The molecule has 6 heteroatoms. The van der Waals surface area contributed by atoms with Gasteiger partial charge in [-0.1, -0.05) is 54.5 Å². The zero-order valence-corrected chi connectivity index (χ0v) is 19.4. The van der Waals surface area contributed by atoms with Gasteiger partial charge in [0.2, 0.25) is 16.6 Å². The van der Waals surface area contributed by atoms with E-state index >= 15 is 0 Å². The summed E-state index contributed by atoms with van der Waals surface area (Å²) in [7, 11) is -6.00. The molecule has 0 saturated carbocycles. The Hall–Kier alpha value is -4.63. The molecule has 0 unspecified atom stereocenters. The number of nitrogens with zero attached hydrogens (tertiary/aromatic N) is 1. The van der Waals surface area contributed by atoms with Crippen molar-refractivity contribution in [1.82, 2.24) is 0 Å². The molecule has 3 heterocycles. The molecule has 7 rings (SSSR count). The normalized spacial score (nSPS) is 11.8. The van der Waals surface area contributed by atoms with Crippen molar-refractivity contribution in [2.45, 2.75) is 0 Å². The van der Waals surface area contributed by atoms with E-state index in [2.05, 4.69) is 101 Å². The first-order valence-corrected chi connectivity index (χ1v) is 11.7. The highest BCUT2D eigenvalue weighted by atomic mass is 19.5. The standard InChI is InChI=1S/C31H18N.BF4/c1-2-20-14-16-21(17-15-20)22-18-27-23-8-3-5-10-25(23)29-12-7-13-30-26-11-6-4-9-24(26)28(19-22)31(27)32(29)30;2-1(3,4)5/h1,3-19H;/q+1;-1. The fourth-order valence-electron chi connectivity index (χ4n) is 5.26. The predicted octanol–water partition coefficient (Wildman–Crippen LogP) is 8.42. The Bertz CT molecular complexity index is 1880. The zero-order valence-electron chi connectivity index (χ0n) is 19.4. The van der Waals surface area contributed by atoms with Crippen LogP contribution in [0.2, 0.25) is 0 Å². The third kappa shape index (κ3) is 3.89. The summed E-state index contributed by atoms with van der Waals surface area (Å²) in [6.45, 7) is 0. The van der Waals surface area contributed by atoms with Crippen molar-refractivity contribution < 1.29 is 21.7 Å². The smallest absolute Gasteiger partial charge is 0.418 e. The molecule has 0 radical (unpaired) electrons. The van der Waals surface area contributed by atoms with Gasteiger partial charge in [0, 0.05) is 28.5 Å². The Balaban J connectivity index is 0.000000463. The Morgan fingerprint density at radius 3 is 1.46 bits per heavy atom. The quantitative estimate of drug-likeness (QED) is 0.0542. The average Bonchev–Trinajstić information content (AvgIpc) is 2.91. The monoisotopic (exact) mass is 491 g/mol. The van der Waals surface area contributed by atoms with Crippen LogP contribution in [0.5, 0.6) is 0 Å². The summed E-state index contributed by atoms with van der Waals surface area (Å²) >= 11 is 0. The minimum Gasteiger partial charge on any atom is -0.418 e. The maximum absolute atomic E-state index is 9.75. The summed E-state index contributed by atoms with van der Waals surface area (Å²) in [6.07, 6.45) is 5.58. The topological polar surface area (TPSA) is 4.10 Å². The van der Waals surface area contributed by atoms with Gasteiger partial charge in [-0.2, -0.15) is 4.40 Å². The average molecular weight is 491 g/mol. The van der Waals surface area contributed by atoms with Gasteiger partial charge in [-0.05, 0) is 53.6 Å². The molecule has 0 atom stereocenters. The number of halogens is 4. The van der Waals surface area contributed by atoms with Gasteiger partial charge in [0.15, 0.2) is 0 Å². The lowest BCUT2D eigenvalue weighted by molar-refractivity contribution is -0.448. The maximum Gasteiger partial charge on any atom is 0.673 e. The van der Waals surface area contributed by atoms with E-state index in [1.807, 2.05) is 12.1 Å². The first kappa shape index (κ1) is 22.8. The molecule has 178 valence electrons. The van der Waals surface area contributed by atoms with Gasteiger partial charge < -0.3 is 17.3 Å². The van der Waals surface area contributed by atoms with Crippen molar-refractivity contribution in [3.8, 4) is 23.5 Å². The molecular weight excluding hydrogens is 473 g/mol.